The predicted molar refractivity (Wildman–Crippen MR) is 113 cm³/mol. The van der Waals surface area contributed by atoms with E-state index in [0.717, 1.165) is 23.1 Å². The van der Waals surface area contributed by atoms with Crippen molar-refractivity contribution in [3.05, 3.63) is 64.2 Å². The van der Waals surface area contributed by atoms with Crippen molar-refractivity contribution in [1.29, 1.82) is 0 Å². The SMILES string of the molecule is CCc1cc(C#Cc2ccc3c(c2)SC(C)(C)CC3(C)C)ccc1C(=O)O. The van der Waals surface area contributed by atoms with Gasteiger partial charge in [0.2, 0.25) is 0 Å². The van der Waals surface area contributed by atoms with Gasteiger partial charge in [0.15, 0.2) is 0 Å². The molecule has 1 heterocycles. The number of hydrogen-bond donors (Lipinski definition) is 1. The number of hydrogen-bond acceptors (Lipinski definition) is 2. The molecule has 2 aromatic carbocycles. The molecule has 2 aromatic rings. The van der Waals surface area contributed by atoms with E-state index >= 15 is 0 Å². The van der Waals surface area contributed by atoms with Gasteiger partial charge in [-0.15, -0.1) is 11.8 Å². The van der Waals surface area contributed by atoms with Gasteiger partial charge in [-0.3, -0.25) is 0 Å². The van der Waals surface area contributed by atoms with Crippen LogP contribution < -0.4 is 0 Å². The van der Waals surface area contributed by atoms with Crippen LogP contribution in [0.1, 0.15) is 73.7 Å². The molecule has 0 amide bonds. The third kappa shape index (κ3) is 4.22. The molecule has 0 aromatic heterocycles. The van der Waals surface area contributed by atoms with Crippen molar-refractivity contribution >= 4 is 17.7 Å². The number of carbonyl (C=O) groups is 1. The number of thioether (sulfide) groups is 1. The van der Waals surface area contributed by atoms with Crippen LogP contribution in [0, 0.1) is 11.8 Å². The molecule has 0 fully saturated rings. The van der Waals surface area contributed by atoms with Gasteiger partial charge in [0.25, 0.3) is 0 Å². The summed E-state index contributed by atoms with van der Waals surface area (Å²) in [6.07, 6.45) is 1.83. The van der Waals surface area contributed by atoms with E-state index < -0.39 is 5.97 Å². The maximum absolute atomic E-state index is 11.3. The van der Waals surface area contributed by atoms with Gasteiger partial charge >= 0.3 is 5.97 Å². The molecule has 0 saturated carbocycles. The molecule has 2 nitrogen and oxygen atoms in total. The van der Waals surface area contributed by atoms with E-state index in [9.17, 15) is 9.90 Å². The smallest absolute Gasteiger partial charge is 0.335 e. The molecule has 27 heavy (non-hydrogen) atoms. The maximum atomic E-state index is 11.3. The summed E-state index contributed by atoms with van der Waals surface area (Å²) in [5.74, 6) is 5.57. The Morgan fingerprint density at radius 3 is 2.33 bits per heavy atom. The molecular weight excluding hydrogens is 352 g/mol. The second-order valence-electron chi connectivity index (χ2n) is 8.41. The first-order valence-electron chi connectivity index (χ1n) is 9.33. The molecule has 0 spiro atoms. The summed E-state index contributed by atoms with van der Waals surface area (Å²) in [4.78, 5) is 12.6. The van der Waals surface area contributed by atoms with Gasteiger partial charge in [0.1, 0.15) is 0 Å². The van der Waals surface area contributed by atoms with Crippen molar-refractivity contribution in [2.45, 2.75) is 62.5 Å². The van der Waals surface area contributed by atoms with Crippen molar-refractivity contribution in [3.8, 4) is 11.8 Å². The zero-order valence-corrected chi connectivity index (χ0v) is 17.5. The van der Waals surface area contributed by atoms with E-state index in [2.05, 4.69) is 57.7 Å². The van der Waals surface area contributed by atoms with Gasteiger partial charge in [-0.05, 0) is 59.7 Å². The summed E-state index contributed by atoms with van der Waals surface area (Å²) in [7, 11) is 0. The number of benzene rings is 2. The van der Waals surface area contributed by atoms with E-state index in [1.165, 1.54) is 10.5 Å². The molecule has 0 atom stereocenters. The van der Waals surface area contributed by atoms with Crippen LogP contribution in [-0.4, -0.2) is 15.8 Å². The summed E-state index contributed by atoms with van der Waals surface area (Å²) >= 11 is 1.93. The van der Waals surface area contributed by atoms with Crippen molar-refractivity contribution in [2.75, 3.05) is 0 Å². The largest absolute Gasteiger partial charge is 0.478 e. The molecule has 3 heteroatoms. The minimum absolute atomic E-state index is 0.165. The monoisotopic (exact) mass is 378 g/mol. The minimum atomic E-state index is -0.886. The highest BCUT2D eigenvalue weighted by molar-refractivity contribution is 8.00. The number of rotatable bonds is 2. The Morgan fingerprint density at radius 1 is 1.07 bits per heavy atom. The Kier molecular flexibility index (Phi) is 5.14. The highest BCUT2D eigenvalue weighted by Crippen LogP contribution is 2.50. The normalized spacial score (nSPS) is 16.8. The second-order valence-corrected chi connectivity index (χ2v) is 10.2. The van der Waals surface area contributed by atoms with Crippen LogP contribution in [0.25, 0.3) is 0 Å². The zero-order chi connectivity index (χ0) is 19.8. The minimum Gasteiger partial charge on any atom is -0.478 e. The van der Waals surface area contributed by atoms with Gasteiger partial charge in [-0.25, -0.2) is 4.79 Å². The van der Waals surface area contributed by atoms with Gasteiger partial charge in [0.05, 0.1) is 5.56 Å². The van der Waals surface area contributed by atoms with Gasteiger partial charge in [-0.1, -0.05) is 52.5 Å². The Labute approximate surface area is 166 Å². The van der Waals surface area contributed by atoms with Crippen LogP contribution in [0.15, 0.2) is 41.3 Å². The van der Waals surface area contributed by atoms with Crippen molar-refractivity contribution < 1.29 is 9.90 Å². The van der Waals surface area contributed by atoms with E-state index in [0.29, 0.717) is 12.0 Å². The molecule has 140 valence electrons. The summed E-state index contributed by atoms with van der Waals surface area (Å²) in [5, 5.41) is 9.25. The Bertz CT molecular complexity index is 958. The Hall–Kier alpha value is -2.18. The fraction of sp³-hybridized carbons (Fsp3) is 0.375. The van der Waals surface area contributed by atoms with E-state index in [4.69, 9.17) is 0 Å². The standard InChI is InChI=1S/C24H26O2S/c1-6-18-13-16(9-11-19(18)22(25)26)7-8-17-10-12-20-21(14-17)27-24(4,5)15-23(20,2)3/h9-14H,6,15H2,1-5H3,(H,25,26). The molecule has 1 N–H and O–H groups in total. The van der Waals surface area contributed by atoms with Crippen LogP contribution in [0.2, 0.25) is 0 Å². The summed E-state index contributed by atoms with van der Waals surface area (Å²) in [5.41, 5.74) is 4.59. The average Bonchev–Trinajstić information content (AvgIpc) is 2.57. The summed E-state index contributed by atoms with van der Waals surface area (Å²) < 4.78 is 0.214. The predicted octanol–water partition coefficient (Wildman–Crippen LogP) is 5.90. The quantitative estimate of drug-likeness (QED) is 0.661. The summed E-state index contributed by atoms with van der Waals surface area (Å²) in [6, 6.07) is 11.8. The third-order valence-electron chi connectivity index (χ3n) is 5.03. The number of aromatic carboxylic acids is 1. The van der Waals surface area contributed by atoms with E-state index in [1.54, 1.807) is 12.1 Å². The molecular formula is C24H26O2S. The number of carboxylic acid groups (broad SMARTS) is 1. The fourth-order valence-electron chi connectivity index (χ4n) is 4.05. The van der Waals surface area contributed by atoms with Gasteiger partial charge < -0.3 is 5.11 Å². The molecule has 0 radical (unpaired) electrons. The van der Waals surface area contributed by atoms with Crippen molar-refractivity contribution in [1.82, 2.24) is 0 Å². The molecule has 0 saturated heterocycles. The lowest BCUT2D eigenvalue weighted by Crippen LogP contribution is -2.33. The fourth-order valence-corrected chi connectivity index (χ4v) is 5.72. The highest BCUT2D eigenvalue weighted by atomic mass is 32.2. The molecule has 1 aliphatic rings. The number of carboxylic acids is 1. The summed E-state index contributed by atoms with van der Waals surface area (Å²) in [6.45, 7) is 11.2. The first-order chi connectivity index (χ1) is 12.6. The number of aryl methyl sites for hydroxylation is 1. The van der Waals surface area contributed by atoms with Crippen LogP contribution in [0.5, 0.6) is 0 Å². The van der Waals surface area contributed by atoms with Crippen LogP contribution >= 0.6 is 11.8 Å². The molecule has 3 rings (SSSR count). The second kappa shape index (κ2) is 7.09. The molecule has 0 unspecified atom stereocenters. The molecule has 1 aliphatic heterocycles. The maximum Gasteiger partial charge on any atom is 0.335 e. The third-order valence-corrected chi connectivity index (χ3v) is 6.29. The Morgan fingerprint density at radius 2 is 1.70 bits per heavy atom. The van der Waals surface area contributed by atoms with E-state index in [1.807, 2.05) is 24.8 Å². The van der Waals surface area contributed by atoms with Crippen LogP contribution in [0.3, 0.4) is 0 Å². The van der Waals surface area contributed by atoms with Crippen molar-refractivity contribution in [3.63, 3.8) is 0 Å². The van der Waals surface area contributed by atoms with E-state index in [-0.39, 0.29) is 10.2 Å². The first-order valence-corrected chi connectivity index (χ1v) is 10.1. The number of fused-ring (bicyclic) bond motifs is 1. The first kappa shape index (κ1) is 19.6. The lowest BCUT2D eigenvalue weighted by atomic mass is 9.77. The lowest BCUT2D eigenvalue weighted by molar-refractivity contribution is 0.0695. The molecule has 0 bridgehead atoms. The van der Waals surface area contributed by atoms with Gasteiger partial charge in [0, 0.05) is 20.8 Å². The highest BCUT2D eigenvalue weighted by Gasteiger charge is 2.37. The van der Waals surface area contributed by atoms with Crippen LogP contribution in [-0.2, 0) is 11.8 Å². The zero-order valence-electron chi connectivity index (χ0n) is 16.6. The lowest BCUT2D eigenvalue weighted by Gasteiger charge is -2.41. The molecule has 0 aliphatic carbocycles. The van der Waals surface area contributed by atoms with Gasteiger partial charge in [-0.2, -0.15) is 0 Å². The Balaban J connectivity index is 1.94. The van der Waals surface area contributed by atoms with Crippen molar-refractivity contribution in [2.24, 2.45) is 0 Å². The average molecular weight is 379 g/mol. The topological polar surface area (TPSA) is 37.3 Å². The van der Waals surface area contributed by atoms with Crippen LogP contribution in [0.4, 0.5) is 0 Å².